The van der Waals surface area contributed by atoms with Gasteiger partial charge in [-0.3, -0.25) is 0 Å². The number of aliphatic hydroxyl groups excluding tert-OH is 3. The number of nitrogen functional groups attached to an aromatic ring is 1. The van der Waals surface area contributed by atoms with Crippen molar-refractivity contribution in [3.05, 3.63) is 22.2 Å². The van der Waals surface area contributed by atoms with Gasteiger partial charge >= 0.3 is 5.69 Å². The lowest BCUT2D eigenvalue weighted by Crippen LogP contribution is -2.62. The van der Waals surface area contributed by atoms with Gasteiger partial charge in [0.05, 0.1) is 19.3 Å². The molecule has 118 valence electrons. The topological polar surface area (TPSA) is 177 Å². The van der Waals surface area contributed by atoms with Gasteiger partial charge in [0, 0.05) is 11.8 Å². The highest BCUT2D eigenvalue weighted by Crippen LogP contribution is 2.21. The maximum atomic E-state index is 10.9. The summed E-state index contributed by atoms with van der Waals surface area (Å²) in [7, 11) is 0. The molecule has 0 amide bonds. The fourth-order valence-corrected chi connectivity index (χ4v) is 1.98. The van der Waals surface area contributed by atoms with E-state index < -0.39 is 42.9 Å². The molecule has 0 bridgehead atoms. The molecule has 10 nitrogen and oxygen atoms in total. The van der Waals surface area contributed by atoms with Crippen LogP contribution in [0.4, 0.5) is 5.82 Å². The van der Waals surface area contributed by atoms with Gasteiger partial charge in [0.1, 0.15) is 24.1 Å². The van der Waals surface area contributed by atoms with Gasteiger partial charge in [-0.15, -0.1) is 0 Å². The van der Waals surface area contributed by atoms with Crippen LogP contribution >= 0.6 is 0 Å². The van der Waals surface area contributed by atoms with E-state index in [1.807, 2.05) is 0 Å². The van der Waals surface area contributed by atoms with Crippen LogP contribution in [0, 0.1) is 0 Å². The number of nitrogens with zero attached hydrogens (tertiary/aromatic N) is 1. The molecule has 0 aromatic carbocycles. The number of nitrogens with two attached hydrogens (primary N) is 2. The van der Waals surface area contributed by atoms with E-state index in [2.05, 4.69) is 9.97 Å². The maximum Gasteiger partial charge on any atom is 0.346 e. The highest BCUT2D eigenvalue weighted by atomic mass is 16.7. The van der Waals surface area contributed by atoms with Crippen molar-refractivity contribution in [2.45, 2.75) is 37.3 Å². The highest BCUT2D eigenvalue weighted by molar-refractivity contribution is 5.35. The second kappa shape index (κ2) is 6.47. The zero-order valence-electron chi connectivity index (χ0n) is 11.0. The van der Waals surface area contributed by atoms with Crippen molar-refractivity contribution in [3.8, 4) is 0 Å². The molecule has 1 aromatic rings. The summed E-state index contributed by atoms with van der Waals surface area (Å²) in [6.07, 6.45) is -3.31. The number of aromatic nitrogens is 2. The Bertz CT molecular complexity index is 536. The largest absolute Gasteiger partial charge is 0.394 e. The summed E-state index contributed by atoms with van der Waals surface area (Å²) >= 11 is 0. The molecule has 1 fully saturated rings. The fourth-order valence-electron chi connectivity index (χ4n) is 1.98. The smallest absolute Gasteiger partial charge is 0.346 e. The summed E-state index contributed by atoms with van der Waals surface area (Å²) in [5, 5.41) is 28.5. The zero-order valence-corrected chi connectivity index (χ0v) is 11.0. The van der Waals surface area contributed by atoms with Crippen LogP contribution in [0.1, 0.15) is 5.56 Å². The third kappa shape index (κ3) is 3.37. The first-order valence-corrected chi connectivity index (χ1v) is 6.27. The number of hydrogen-bond donors (Lipinski definition) is 6. The number of aliphatic hydroxyl groups is 3. The Morgan fingerprint density at radius 3 is 2.76 bits per heavy atom. The van der Waals surface area contributed by atoms with Crippen molar-refractivity contribution in [2.75, 3.05) is 12.3 Å². The minimum absolute atomic E-state index is 0.00224. The summed E-state index contributed by atoms with van der Waals surface area (Å²) in [5.74, 6) is 0.00224. The summed E-state index contributed by atoms with van der Waals surface area (Å²) < 4.78 is 10.7. The number of ether oxygens (including phenoxy) is 2. The van der Waals surface area contributed by atoms with Crippen molar-refractivity contribution < 1.29 is 24.8 Å². The predicted octanol–water partition coefficient (Wildman–Crippen LogP) is -3.36. The lowest BCUT2D eigenvalue weighted by atomic mass is 9.98. The maximum absolute atomic E-state index is 10.9. The molecular weight excluding hydrogens is 284 g/mol. The van der Waals surface area contributed by atoms with Gasteiger partial charge in [0.25, 0.3) is 0 Å². The third-order valence-corrected chi connectivity index (χ3v) is 3.25. The molecule has 0 spiro atoms. The van der Waals surface area contributed by atoms with Crippen molar-refractivity contribution in [1.82, 2.24) is 9.97 Å². The average molecular weight is 302 g/mol. The van der Waals surface area contributed by atoms with Gasteiger partial charge in [-0.25, -0.2) is 4.79 Å². The van der Waals surface area contributed by atoms with Crippen LogP contribution in [0.15, 0.2) is 11.0 Å². The van der Waals surface area contributed by atoms with Crippen LogP contribution in [0.25, 0.3) is 0 Å². The normalized spacial score (nSPS) is 33.0. The molecule has 1 saturated heterocycles. The lowest BCUT2D eigenvalue weighted by molar-refractivity contribution is -0.269. The van der Waals surface area contributed by atoms with Gasteiger partial charge in [0.2, 0.25) is 0 Å². The minimum atomic E-state index is -1.30. The molecule has 1 aliphatic heterocycles. The van der Waals surface area contributed by atoms with Gasteiger partial charge in [0.15, 0.2) is 6.29 Å². The first-order valence-electron chi connectivity index (χ1n) is 6.27. The van der Waals surface area contributed by atoms with Crippen molar-refractivity contribution in [3.63, 3.8) is 0 Å². The second-order valence-corrected chi connectivity index (χ2v) is 4.71. The summed E-state index contributed by atoms with van der Waals surface area (Å²) in [4.78, 5) is 16.8. The zero-order chi connectivity index (χ0) is 15.6. The van der Waals surface area contributed by atoms with Crippen LogP contribution in [-0.4, -0.2) is 62.5 Å². The molecule has 0 saturated carbocycles. The summed E-state index contributed by atoms with van der Waals surface area (Å²) in [5.41, 5.74) is 11.1. The molecule has 1 unspecified atom stereocenters. The average Bonchev–Trinajstić information content (AvgIpc) is 2.46. The van der Waals surface area contributed by atoms with E-state index in [4.69, 9.17) is 26.0 Å². The van der Waals surface area contributed by atoms with Gasteiger partial charge in [-0.1, -0.05) is 0 Å². The number of anilines is 1. The molecule has 5 atom stereocenters. The Balaban J connectivity index is 2.03. The van der Waals surface area contributed by atoms with Crippen LogP contribution in [0.3, 0.4) is 0 Å². The predicted molar refractivity (Wildman–Crippen MR) is 69.8 cm³/mol. The number of aromatic amines is 1. The van der Waals surface area contributed by atoms with Crippen LogP contribution in [0.2, 0.25) is 0 Å². The van der Waals surface area contributed by atoms with Crippen molar-refractivity contribution in [2.24, 2.45) is 5.73 Å². The van der Waals surface area contributed by atoms with Crippen LogP contribution in [0.5, 0.6) is 0 Å². The van der Waals surface area contributed by atoms with E-state index in [9.17, 15) is 15.0 Å². The Morgan fingerprint density at radius 2 is 2.14 bits per heavy atom. The van der Waals surface area contributed by atoms with E-state index >= 15 is 0 Å². The molecule has 2 rings (SSSR count). The molecule has 0 aliphatic carbocycles. The Labute approximate surface area is 119 Å². The standard InChI is InChI=1S/C11H18N4O6/c12-6-8(18)7(17)5(2-16)21-10(6)20-3-4-1-14-11(19)15-9(4)13/h1,5-8,10,16-18H,2-3,12H2,(H3,13,14,15,19)/t5-,6-,7-,8-,10?/m1/s1. The second-order valence-electron chi connectivity index (χ2n) is 4.71. The van der Waals surface area contributed by atoms with E-state index in [1.54, 1.807) is 0 Å². The molecule has 21 heavy (non-hydrogen) atoms. The molecule has 2 heterocycles. The van der Waals surface area contributed by atoms with E-state index in [1.165, 1.54) is 6.20 Å². The quantitative estimate of drug-likeness (QED) is 0.331. The van der Waals surface area contributed by atoms with Crippen LogP contribution in [-0.2, 0) is 16.1 Å². The van der Waals surface area contributed by atoms with Gasteiger partial charge in [-0.2, -0.15) is 4.98 Å². The third-order valence-electron chi connectivity index (χ3n) is 3.25. The molecule has 8 N–H and O–H groups in total. The van der Waals surface area contributed by atoms with Crippen molar-refractivity contribution >= 4 is 5.82 Å². The number of rotatable bonds is 4. The van der Waals surface area contributed by atoms with Gasteiger partial charge < -0.3 is 41.2 Å². The van der Waals surface area contributed by atoms with Crippen LogP contribution < -0.4 is 17.2 Å². The number of H-pyrrole nitrogens is 1. The number of nitrogens with one attached hydrogen (secondary N) is 1. The Kier molecular flexibility index (Phi) is 4.88. The monoisotopic (exact) mass is 302 g/mol. The number of hydrogen-bond acceptors (Lipinski definition) is 9. The molecule has 1 aromatic heterocycles. The first-order chi connectivity index (χ1) is 9.93. The van der Waals surface area contributed by atoms with E-state index in [-0.39, 0.29) is 12.4 Å². The molecule has 10 heteroatoms. The summed E-state index contributed by atoms with van der Waals surface area (Å²) in [6, 6.07) is -1.00. The Morgan fingerprint density at radius 1 is 1.43 bits per heavy atom. The summed E-state index contributed by atoms with van der Waals surface area (Å²) in [6.45, 7) is -0.567. The first kappa shape index (κ1) is 15.8. The van der Waals surface area contributed by atoms with E-state index in [0.717, 1.165) is 0 Å². The van der Waals surface area contributed by atoms with Crippen molar-refractivity contribution in [1.29, 1.82) is 0 Å². The lowest BCUT2D eigenvalue weighted by Gasteiger charge is -2.40. The Hall–Kier alpha value is -1.56. The minimum Gasteiger partial charge on any atom is -0.394 e. The fraction of sp³-hybridized carbons (Fsp3) is 0.636. The molecule has 1 aliphatic rings. The van der Waals surface area contributed by atoms with E-state index in [0.29, 0.717) is 5.56 Å². The SMILES string of the molecule is Nc1nc(=O)[nH]cc1COC1O[C@H](CO)[C@@H](O)[C@H](O)[C@H]1N. The van der Waals surface area contributed by atoms with Gasteiger partial charge in [-0.05, 0) is 0 Å². The molecule has 0 radical (unpaired) electrons. The molecular formula is C11H18N4O6. The highest BCUT2D eigenvalue weighted by Gasteiger charge is 2.42.